The minimum atomic E-state index is -0.879. The Balaban J connectivity index is 1.61. The van der Waals surface area contributed by atoms with Gasteiger partial charge < -0.3 is 29.3 Å². The SMILES string of the molecule is C=CCN(C(=O)C1N([C@@H](CO)CC(C)C)C(=O)[C@@H]2[C@@H](C(=O)N(CC=C)c3ccc(OCC)cc3)[C@@]3(C)CCC12S3)c1ccc(OC)cc1. The highest BCUT2D eigenvalue weighted by atomic mass is 32.2. The summed E-state index contributed by atoms with van der Waals surface area (Å²) in [6, 6.07) is 13.2. The van der Waals surface area contributed by atoms with Crippen LogP contribution in [-0.4, -0.2) is 82.7 Å². The van der Waals surface area contributed by atoms with Gasteiger partial charge in [0.05, 0.1) is 42.9 Å². The Morgan fingerprint density at radius 2 is 1.56 bits per heavy atom. The Morgan fingerprint density at radius 1 is 1.00 bits per heavy atom. The van der Waals surface area contributed by atoms with Gasteiger partial charge in [0.2, 0.25) is 11.8 Å². The molecule has 1 spiro atoms. The summed E-state index contributed by atoms with van der Waals surface area (Å²) in [6.07, 6.45) is 5.17. The van der Waals surface area contributed by atoms with Crippen LogP contribution >= 0.6 is 11.8 Å². The van der Waals surface area contributed by atoms with Crippen molar-refractivity contribution in [2.75, 3.05) is 43.2 Å². The predicted octanol–water partition coefficient (Wildman–Crippen LogP) is 5.72. The number of nitrogens with zero attached hydrogens (tertiary/aromatic N) is 3. The molecule has 0 aliphatic carbocycles. The molecule has 0 aromatic heterocycles. The summed E-state index contributed by atoms with van der Waals surface area (Å²) in [7, 11) is 1.59. The number of methoxy groups -OCH3 is 1. The fourth-order valence-corrected chi connectivity index (χ4v) is 10.4. The molecule has 3 saturated heterocycles. The first kappa shape index (κ1) is 35.5. The maximum atomic E-state index is 15.0. The molecule has 0 radical (unpaired) electrons. The molecule has 1 N–H and O–H groups in total. The molecule has 10 heteroatoms. The molecule has 48 heavy (non-hydrogen) atoms. The van der Waals surface area contributed by atoms with Gasteiger partial charge in [-0.2, -0.15) is 0 Å². The van der Waals surface area contributed by atoms with E-state index < -0.39 is 33.4 Å². The molecule has 3 amide bonds. The second kappa shape index (κ2) is 14.4. The number of anilines is 2. The number of likely N-dealkylation sites (tertiary alicyclic amines) is 1. The van der Waals surface area contributed by atoms with Crippen molar-refractivity contribution in [1.82, 2.24) is 4.90 Å². The van der Waals surface area contributed by atoms with Gasteiger partial charge in [-0.05, 0) is 87.6 Å². The summed E-state index contributed by atoms with van der Waals surface area (Å²) in [6.45, 7) is 16.7. The van der Waals surface area contributed by atoms with Gasteiger partial charge in [0.1, 0.15) is 17.5 Å². The number of carbonyl (C=O) groups is 3. The summed E-state index contributed by atoms with van der Waals surface area (Å²) in [4.78, 5) is 49.8. The number of ether oxygens (including phenoxy) is 2. The van der Waals surface area contributed by atoms with E-state index in [2.05, 4.69) is 20.1 Å². The van der Waals surface area contributed by atoms with Crippen molar-refractivity contribution in [2.45, 2.75) is 68.5 Å². The van der Waals surface area contributed by atoms with Gasteiger partial charge in [-0.3, -0.25) is 14.4 Å². The fraction of sp³-hybridized carbons (Fsp3) is 0.500. The third-order valence-electron chi connectivity index (χ3n) is 10.1. The summed E-state index contributed by atoms with van der Waals surface area (Å²) in [5, 5.41) is 10.7. The third-order valence-corrected chi connectivity index (χ3v) is 12.0. The molecule has 9 nitrogen and oxygen atoms in total. The molecule has 3 aliphatic rings. The number of carbonyl (C=O) groups excluding carboxylic acids is 3. The normalized spacial score (nSPS) is 26.3. The zero-order valence-electron chi connectivity index (χ0n) is 28.8. The summed E-state index contributed by atoms with van der Waals surface area (Å²) < 4.78 is 9.57. The molecule has 3 heterocycles. The zero-order valence-corrected chi connectivity index (χ0v) is 29.6. The van der Waals surface area contributed by atoms with Gasteiger partial charge in [-0.25, -0.2) is 0 Å². The van der Waals surface area contributed by atoms with E-state index >= 15 is 4.79 Å². The molecular weight excluding hydrogens is 627 g/mol. The van der Waals surface area contributed by atoms with E-state index in [1.807, 2.05) is 57.2 Å². The van der Waals surface area contributed by atoms with Crippen LogP contribution in [0.15, 0.2) is 73.8 Å². The summed E-state index contributed by atoms with van der Waals surface area (Å²) >= 11 is 1.62. The molecule has 0 saturated carbocycles. The number of aliphatic hydroxyl groups excluding tert-OH is 1. The first-order valence-corrected chi connectivity index (χ1v) is 17.7. The molecule has 2 unspecified atom stereocenters. The Morgan fingerprint density at radius 3 is 2.06 bits per heavy atom. The van der Waals surface area contributed by atoms with Crippen molar-refractivity contribution in [3.05, 3.63) is 73.8 Å². The smallest absolute Gasteiger partial charge is 0.251 e. The highest BCUT2D eigenvalue weighted by Gasteiger charge is 2.78. The number of rotatable bonds is 15. The van der Waals surface area contributed by atoms with Crippen LogP contribution in [0.25, 0.3) is 0 Å². The molecule has 2 aromatic carbocycles. The first-order chi connectivity index (χ1) is 23.0. The van der Waals surface area contributed by atoms with E-state index in [-0.39, 0.29) is 43.3 Å². The van der Waals surface area contributed by atoms with Crippen molar-refractivity contribution >= 4 is 40.9 Å². The van der Waals surface area contributed by atoms with E-state index in [1.54, 1.807) is 57.9 Å². The predicted molar refractivity (Wildman–Crippen MR) is 192 cm³/mol. The van der Waals surface area contributed by atoms with Gasteiger partial charge in [0.25, 0.3) is 5.91 Å². The van der Waals surface area contributed by atoms with Crippen LogP contribution in [-0.2, 0) is 14.4 Å². The van der Waals surface area contributed by atoms with E-state index in [0.29, 0.717) is 48.7 Å². The van der Waals surface area contributed by atoms with Crippen LogP contribution in [0, 0.1) is 17.8 Å². The van der Waals surface area contributed by atoms with Crippen LogP contribution in [0.1, 0.15) is 47.0 Å². The lowest BCUT2D eigenvalue weighted by Gasteiger charge is -2.40. The van der Waals surface area contributed by atoms with E-state index in [4.69, 9.17) is 9.47 Å². The molecule has 2 aromatic rings. The number of aliphatic hydroxyl groups is 1. The fourth-order valence-electron chi connectivity index (χ4n) is 8.10. The number of thioether (sulfide) groups is 1. The largest absolute Gasteiger partial charge is 0.497 e. The van der Waals surface area contributed by atoms with Gasteiger partial charge >= 0.3 is 0 Å². The molecule has 258 valence electrons. The minimum Gasteiger partial charge on any atom is -0.497 e. The van der Waals surface area contributed by atoms with Crippen molar-refractivity contribution in [1.29, 1.82) is 0 Å². The van der Waals surface area contributed by atoms with Crippen LogP contribution in [0.3, 0.4) is 0 Å². The number of amides is 3. The summed E-state index contributed by atoms with van der Waals surface area (Å²) in [5.74, 6) is -0.519. The average molecular weight is 676 g/mol. The maximum Gasteiger partial charge on any atom is 0.251 e. The highest BCUT2D eigenvalue weighted by Crippen LogP contribution is 2.72. The van der Waals surface area contributed by atoms with Gasteiger partial charge in [0.15, 0.2) is 0 Å². The monoisotopic (exact) mass is 675 g/mol. The lowest BCUT2D eigenvalue weighted by molar-refractivity contribution is -0.142. The number of hydrogen-bond acceptors (Lipinski definition) is 7. The molecule has 2 bridgehead atoms. The van der Waals surface area contributed by atoms with Crippen molar-refractivity contribution in [3.63, 3.8) is 0 Å². The molecule has 3 fully saturated rings. The standard InChI is InChI=1S/C38H49N3O6S/c1-8-21-39(26-13-17-30(18-14-26)47-10-3)34(43)31-32-35(44)41(28(24-42)23-25(4)5)33(38(32)20-19-37(31,6)48-38)36(45)40(22-9-2)27-11-15-29(46-7)16-12-27/h8-9,11-18,25,28,31-33,42H,1-2,10,19-24H2,3-7H3/t28-,31+,32+,33?,37-,38?/m1/s1. The number of fused-ring (bicyclic) bond motifs is 1. The van der Waals surface area contributed by atoms with Crippen LogP contribution < -0.4 is 19.3 Å². The van der Waals surface area contributed by atoms with Gasteiger partial charge in [-0.15, -0.1) is 24.9 Å². The summed E-state index contributed by atoms with van der Waals surface area (Å²) in [5.41, 5.74) is 1.34. The van der Waals surface area contributed by atoms with E-state index in [0.717, 1.165) is 0 Å². The van der Waals surface area contributed by atoms with Crippen molar-refractivity contribution < 1.29 is 29.0 Å². The zero-order chi connectivity index (χ0) is 34.8. The first-order valence-electron chi connectivity index (χ1n) is 16.8. The van der Waals surface area contributed by atoms with E-state index in [9.17, 15) is 14.7 Å². The lowest BCUT2D eigenvalue weighted by atomic mass is 9.66. The van der Waals surface area contributed by atoms with Crippen molar-refractivity contribution in [3.8, 4) is 11.5 Å². The highest BCUT2D eigenvalue weighted by molar-refractivity contribution is 8.02. The molecule has 6 atom stereocenters. The molecule has 3 aliphatic heterocycles. The van der Waals surface area contributed by atoms with Gasteiger partial charge in [-0.1, -0.05) is 26.0 Å². The number of benzene rings is 2. The average Bonchev–Trinajstić information content (AvgIpc) is 3.65. The Kier molecular flexibility index (Phi) is 10.7. The second-order valence-electron chi connectivity index (χ2n) is 13.5. The molecular formula is C38H49N3O6S. The van der Waals surface area contributed by atoms with Crippen LogP contribution in [0.5, 0.6) is 11.5 Å². The maximum absolute atomic E-state index is 15.0. The third kappa shape index (κ3) is 6.13. The topological polar surface area (TPSA) is 99.6 Å². The second-order valence-corrected chi connectivity index (χ2v) is 15.4. The molecule has 5 rings (SSSR count). The lowest BCUT2D eigenvalue weighted by Crippen LogP contribution is -2.58. The Hall–Kier alpha value is -3.76. The van der Waals surface area contributed by atoms with Crippen LogP contribution in [0.2, 0.25) is 0 Å². The van der Waals surface area contributed by atoms with E-state index in [1.165, 1.54) is 0 Å². The van der Waals surface area contributed by atoms with Gasteiger partial charge in [0, 0.05) is 29.2 Å². The van der Waals surface area contributed by atoms with Crippen molar-refractivity contribution in [2.24, 2.45) is 17.8 Å². The number of hydrogen-bond donors (Lipinski definition) is 1. The minimum absolute atomic E-state index is 0.162. The Labute approximate surface area is 288 Å². The van der Waals surface area contributed by atoms with Crippen LogP contribution in [0.4, 0.5) is 11.4 Å². The Bertz CT molecular complexity index is 1510. The quantitative estimate of drug-likeness (QED) is 0.241.